The molecule has 2 bridgehead atoms. The molecular formula is C27H29FN8. The van der Waals surface area contributed by atoms with E-state index in [1.807, 2.05) is 4.57 Å². The Bertz CT molecular complexity index is 1440. The molecule has 7 rings (SSSR count). The molecule has 0 radical (unpaired) electrons. The first-order chi connectivity index (χ1) is 17.5. The molecule has 5 heterocycles. The monoisotopic (exact) mass is 484 g/mol. The Hall–Kier alpha value is -3.43. The van der Waals surface area contributed by atoms with Crippen LogP contribution in [-0.4, -0.2) is 65.5 Å². The molecule has 1 aromatic carbocycles. The standard InChI is InChI=1S/C27H29FN8/c1-16-31-25(29)24-27(32-16)36(26(33-24)19-8-20(28)11-30-10-19)13-18-4-2-17(3-5-18)12-34-14-23-9-22(34)15-35(23)21-6-7-21/h2-5,8,10-11,21-23H,6-7,9,12-15H2,1H3,(H2,29,31,32)/t22-,23-/m0/s1. The summed E-state index contributed by atoms with van der Waals surface area (Å²) in [5, 5.41) is 0. The van der Waals surface area contributed by atoms with Crippen LogP contribution in [0.4, 0.5) is 10.2 Å². The largest absolute Gasteiger partial charge is 0.382 e. The van der Waals surface area contributed by atoms with Crippen LogP contribution in [0.1, 0.15) is 36.2 Å². The van der Waals surface area contributed by atoms with E-state index in [-0.39, 0.29) is 0 Å². The highest BCUT2D eigenvalue weighted by Crippen LogP contribution is 2.39. The summed E-state index contributed by atoms with van der Waals surface area (Å²) in [5.41, 5.74) is 10.3. The molecule has 36 heavy (non-hydrogen) atoms. The highest BCUT2D eigenvalue weighted by Gasteiger charge is 2.47. The molecular weight excluding hydrogens is 455 g/mol. The van der Waals surface area contributed by atoms with Gasteiger partial charge in [0.1, 0.15) is 17.5 Å². The number of aromatic nitrogens is 5. The predicted molar refractivity (Wildman–Crippen MR) is 136 cm³/mol. The minimum Gasteiger partial charge on any atom is -0.382 e. The van der Waals surface area contributed by atoms with Crippen molar-refractivity contribution in [3.8, 4) is 11.4 Å². The van der Waals surface area contributed by atoms with Gasteiger partial charge in [-0.25, -0.2) is 19.3 Å². The molecule has 1 aliphatic carbocycles. The third-order valence-electron chi connectivity index (χ3n) is 7.86. The van der Waals surface area contributed by atoms with Gasteiger partial charge in [-0.15, -0.1) is 0 Å². The summed E-state index contributed by atoms with van der Waals surface area (Å²) in [5.74, 6) is 1.04. The Kier molecular flexibility index (Phi) is 5.04. The highest BCUT2D eigenvalue weighted by atomic mass is 19.1. The van der Waals surface area contributed by atoms with Crippen molar-refractivity contribution in [1.82, 2.24) is 34.3 Å². The zero-order valence-electron chi connectivity index (χ0n) is 20.3. The first-order valence-electron chi connectivity index (χ1n) is 12.7. The molecule has 2 atom stereocenters. The Labute approximate surface area is 209 Å². The summed E-state index contributed by atoms with van der Waals surface area (Å²) >= 11 is 0. The zero-order valence-corrected chi connectivity index (χ0v) is 20.3. The molecule has 3 aromatic heterocycles. The second-order valence-electron chi connectivity index (χ2n) is 10.5. The van der Waals surface area contributed by atoms with E-state index in [1.165, 1.54) is 50.2 Å². The van der Waals surface area contributed by atoms with Crippen LogP contribution < -0.4 is 5.73 Å². The van der Waals surface area contributed by atoms with E-state index in [0.29, 0.717) is 46.8 Å². The van der Waals surface area contributed by atoms with Crippen LogP contribution >= 0.6 is 0 Å². The van der Waals surface area contributed by atoms with Gasteiger partial charge in [0.2, 0.25) is 0 Å². The maximum Gasteiger partial charge on any atom is 0.166 e. The van der Waals surface area contributed by atoms with Crippen molar-refractivity contribution in [3.05, 3.63) is 65.5 Å². The molecule has 8 nitrogen and oxygen atoms in total. The number of nitrogens with two attached hydrogens (primary N) is 1. The SMILES string of the molecule is Cc1nc(N)c2nc(-c3cncc(F)c3)n(Cc3ccc(CN4C[C@@H]5C[C@H]4CN5C4CC4)cc3)c2n1. The van der Waals surface area contributed by atoms with E-state index in [4.69, 9.17) is 5.73 Å². The second-order valence-corrected chi connectivity index (χ2v) is 10.5. The molecule has 0 spiro atoms. The molecule has 4 aromatic rings. The number of rotatable bonds is 6. The molecule has 3 fully saturated rings. The van der Waals surface area contributed by atoms with E-state index in [2.05, 4.69) is 54.0 Å². The van der Waals surface area contributed by atoms with Crippen molar-refractivity contribution >= 4 is 17.0 Å². The number of anilines is 1. The fourth-order valence-electron chi connectivity index (χ4n) is 6.03. The van der Waals surface area contributed by atoms with Gasteiger partial charge in [0.25, 0.3) is 0 Å². The van der Waals surface area contributed by atoms with E-state index in [0.717, 1.165) is 24.2 Å². The average Bonchev–Trinajstić information content (AvgIpc) is 3.38. The number of hydrogen-bond donors (Lipinski definition) is 1. The normalized spacial score (nSPS) is 22.2. The molecule has 9 heteroatoms. The van der Waals surface area contributed by atoms with Crippen LogP contribution in [0.15, 0.2) is 42.7 Å². The molecule has 0 amide bonds. The number of aryl methyl sites for hydroxylation is 1. The lowest BCUT2D eigenvalue weighted by Gasteiger charge is -2.34. The first kappa shape index (κ1) is 21.8. The summed E-state index contributed by atoms with van der Waals surface area (Å²) < 4.78 is 16.0. The fourth-order valence-corrected chi connectivity index (χ4v) is 6.03. The van der Waals surface area contributed by atoms with E-state index < -0.39 is 5.82 Å². The van der Waals surface area contributed by atoms with Crippen LogP contribution in [0.25, 0.3) is 22.6 Å². The minimum atomic E-state index is -0.415. The number of piperazine rings is 1. The summed E-state index contributed by atoms with van der Waals surface area (Å²) in [7, 11) is 0. The second kappa shape index (κ2) is 8.31. The van der Waals surface area contributed by atoms with Gasteiger partial charge < -0.3 is 10.3 Å². The fraction of sp³-hybridized carbons (Fsp3) is 0.407. The number of likely N-dealkylation sites (tertiary alicyclic amines) is 2. The number of pyridine rings is 1. The van der Waals surface area contributed by atoms with Crippen molar-refractivity contribution in [2.24, 2.45) is 0 Å². The zero-order chi connectivity index (χ0) is 24.4. The number of benzene rings is 1. The molecule has 2 aliphatic heterocycles. The summed E-state index contributed by atoms with van der Waals surface area (Å²) in [6.45, 7) is 5.76. The average molecular weight is 485 g/mol. The quantitative estimate of drug-likeness (QED) is 0.449. The van der Waals surface area contributed by atoms with Gasteiger partial charge in [-0.1, -0.05) is 24.3 Å². The lowest BCUT2D eigenvalue weighted by molar-refractivity contribution is 0.117. The van der Waals surface area contributed by atoms with E-state index >= 15 is 0 Å². The van der Waals surface area contributed by atoms with Crippen LogP contribution in [0.2, 0.25) is 0 Å². The number of hydrogen-bond acceptors (Lipinski definition) is 7. The van der Waals surface area contributed by atoms with Crippen molar-refractivity contribution in [1.29, 1.82) is 0 Å². The highest BCUT2D eigenvalue weighted by molar-refractivity contribution is 5.85. The molecule has 1 saturated carbocycles. The van der Waals surface area contributed by atoms with Crippen molar-refractivity contribution < 1.29 is 4.39 Å². The van der Waals surface area contributed by atoms with Gasteiger partial charge in [0, 0.05) is 49.5 Å². The Balaban J connectivity index is 1.14. The number of nitrogens with zero attached hydrogens (tertiary/aromatic N) is 7. The topological polar surface area (TPSA) is 89.0 Å². The number of halogens is 1. The lowest BCUT2D eigenvalue weighted by Crippen LogP contribution is -2.46. The predicted octanol–water partition coefficient (Wildman–Crippen LogP) is 3.39. The smallest absolute Gasteiger partial charge is 0.166 e. The van der Waals surface area contributed by atoms with Crippen molar-refractivity contribution in [2.75, 3.05) is 18.8 Å². The van der Waals surface area contributed by atoms with Crippen LogP contribution in [0.3, 0.4) is 0 Å². The third kappa shape index (κ3) is 3.83. The first-order valence-corrected chi connectivity index (χ1v) is 12.7. The van der Waals surface area contributed by atoms with Gasteiger partial charge in [0.15, 0.2) is 17.0 Å². The van der Waals surface area contributed by atoms with Gasteiger partial charge >= 0.3 is 0 Å². The van der Waals surface area contributed by atoms with Crippen molar-refractivity contribution in [3.63, 3.8) is 0 Å². The summed E-state index contributed by atoms with van der Waals surface area (Å²) in [4.78, 5) is 23.0. The Morgan fingerprint density at radius 2 is 1.72 bits per heavy atom. The molecule has 2 saturated heterocycles. The maximum atomic E-state index is 14.0. The van der Waals surface area contributed by atoms with Gasteiger partial charge in [-0.3, -0.25) is 14.8 Å². The minimum absolute atomic E-state index is 0.317. The van der Waals surface area contributed by atoms with Crippen LogP contribution in [0, 0.1) is 12.7 Å². The summed E-state index contributed by atoms with van der Waals surface area (Å²) in [6, 6.07) is 12.5. The molecule has 0 unspecified atom stereocenters. The number of fused-ring (bicyclic) bond motifs is 3. The third-order valence-corrected chi connectivity index (χ3v) is 7.86. The van der Waals surface area contributed by atoms with E-state index in [9.17, 15) is 4.39 Å². The maximum absolute atomic E-state index is 14.0. The number of imidazole rings is 1. The summed E-state index contributed by atoms with van der Waals surface area (Å²) in [6.07, 6.45) is 6.90. The van der Waals surface area contributed by atoms with Crippen LogP contribution in [0.5, 0.6) is 0 Å². The number of nitrogen functional groups attached to an aromatic ring is 1. The van der Waals surface area contributed by atoms with Gasteiger partial charge in [-0.2, -0.15) is 0 Å². The van der Waals surface area contributed by atoms with E-state index in [1.54, 1.807) is 13.1 Å². The Morgan fingerprint density at radius 3 is 2.42 bits per heavy atom. The van der Waals surface area contributed by atoms with Crippen molar-refractivity contribution in [2.45, 2.75) is 57.4 Å². The van der Waals surface area contributed by atoms with Crippen LogP contribution in [-0.2, 0) is 13.1 Å². The Morgan fingerprint density at radius 1 is 0.944 bits per heavy atom. The lowest BCUT2D eigenvalue weighted by atomic mass is 10.1. The molecule has 3 aliphatic rings. The molecule has 184 valence electrons. The van der Waals surface area contributed by atoms with Gasteiger partial charge in [-0.05, 0) is 43.4 Å². The van der Waals surface area contributed by atoms with Gasteiger partial charge in [0.05, 0.1) is 12.7 Å². The molecule has 2 N–H and O–H groups in total.